The maximum Gasteiger partial charge on any atom is 0.254 e. The maximum absolute atomic E-state index is 14.7. The van der Waals surface area contributed by atoms with E-state index in [0.29, 0.717) is 37.2 Å². The van der Waals surface area contributed by atoms with Crippen molar-refractivity contribution in [3.8, 4) is 0 Å². The number of carbonyl (C=O) groups is 2. The fourth-order valence-corrected chi connectivity index (χ4v) is 4.77. The Kier molecular flexibility index (Phi) is 6.71. The molecule has 7 heteroatoms. The van der Waals surface area contributed by atoms with Crippen LogP contribution in [0, 0.1) is 17.6 Å². The number of fused-ring (bicyclic) bond motifs is 1. The lowest BCUT2D eigenvalue weighted by Gasteiger charge is -2.34. The topological polar surface area (TPSA) is 53.5 Å². The van der Waals surface area contributed by atoms with Crippen LogP contribution in [0.15, 0.2) is 85.1 Å². The van der Waals surface area contributed by atoms with Crippen LogP contribution in [0.2, 0.25) is 0 Å². The zero-order valence-electron chi connectivity index (χ0n) is 19.6. The minimum absolute atomic E-state index is 0.0151. The van der Waals surface area contributed by atoms with Crippen molar-refractivity contribution in [2.75, 3.05) is 18.0 Å². The van der Waals surface area contributed by atoms with E-state index in [4.69, 9.17) is 0 Å². The lowest BCUT2D eigenvalue weighted by Crippen LogP contribution is -2.44. The molecule has 2 heterocycles. The van der Waals surface area contributed by atoms with Gasteiger partial charge in [-0.3, -0.25) is 14.6 Å². The maximum atomic E-state index is 14.7. The smallest absolute Gasteiger partial charge is 0.254 e. The van der Waals surface area contributed by atoms with E-state index >= 15 is 0 Å². The number of rotatable bonds is 5. The van der Waals surface area contributed by atoms with Crippen molar-refractivity contribution in [3.63, 3.8) is 0 Å². The molecule has 182 valence electrons. The lowest BCUT2D eigenvalue weighted by molar-refractivity contribution is -0.123. The molecule has 1 saturated heterocycles. The van der Waals surface area contributed by atoms with Crippen molar-refractivity contribution < 1.29 is 18.4 Å². The number of aromatic nitrogens is 1. The summed E-state index contributed by atoms with van der Waals surface area (Å²) in [6.45, 7) is 0.904. The van der Waals surface area contributed by atoms with Crippen molar-refractivity contribution in [2.45, 2.75) is 19.4 Å². The Morgan fingerprint density at radius 2 is 1.67 bits per heavy atom. The highest BCUT2D eigenvalue weighted by Crippen LogP contribution is 2.29. The van der Waals surface area contributed by atoms with Crippen molar-refractivity contribution >= 4 is 28.3 Å². The number of carbonyl (C=O) groups excluding carboxylic acids is 2. The van der Waals surface area contributed by atoms with Crippen LogP contribution in [-0.2, 0) is 11.3 Å². The van der Waals surface area contributed by atoms with Crippen LogP contribution >= 0.6 is 0 Å². The van der Waals surface area contributed by atoms with E-state index in [1.165, 1.54) is 11.0 Å². The summed E-state index contributed by atoms with van der Waals surface area (Å²) in [4.78, 5) is 34.3. The van der Waals surface area contributed by atoms with Crippen LogP contribution in [-0.4, -0.2) is 34.8 Å². The van der Waals surface area contributed by atoms with Gasteiger partial charge < -0.3 is 9.80 Å². The second-order valence-electron chi connectivity index (χ2n) is 8.93. The van der Waals surface area contributed by atoms with E-state index < -0.39 is 17.6 Å². The van der Waals surface area contributed by atoms with Gasteiger partial charge in [0.1, 0.15) is 11.6 Å². The van der Waals surface area contributed by atoms with Crippen molar-refractivity contribution in [3.05, 3.63) is 108 Å². The summed E-state index contributed by atoms with van der Waals surface area (Å²) in [5, 5.41) is 1.90. The van der Waals surface area contributed by atoms with Crippen molar-refractivity contribution in [2.24, 2.45) is 5.92 Å². The summed E-state index contributed by atoms with van der Waals surface area (Å²) in [7, 11) is 0. The number of hydrogen-bond acceptors (Lipinski definition) is 3. The number of amides is 2. The van der Waals surface area contributed by atoms with Crippen LogP contribution in [0.4, 0.5) is 14.5 Å². The number of likely N-dealkylation sites (tertiary alicyclic amines) is 1. The normalized spacial score (nSPS) is 14.1. The summed E-state index contributed by atoms with van der Waals surface area (Å²) < 4.78 is 28.3. The predicted molar refractivity (Wildman–Crippen MR) is 134 cm³/mol. The average molecular weight is 486 g/mol. The van der Waals surface area contributed by atoms with Gasteiger partial charge in [0, 0.05) is 36.8 Å². The minimum Gasteiger partial charge on any atom is -0.339 e. The Morgan fingerprint density at radius 1 is 0.917 bits per heavy atom. The van der Waals surface area contributed by atoms with Crippen LogP contribution in [0.25, 0.3) is 10.8 Å². The molecule has 1 aliphatic rings. The molecule has 4 aromatic rings. The molecule has 0 saturated carbocycles. The standard InChI is InChI=1S/C29H25F2N3O2/c30-22-11-12-27(26(31)18-22)34(19-23-8-3-4-15-32-23)28(35)21-13-16-33(17-14-21)29(36)25-10-5-7-20-6-1-2-9-24(20)25/h1-12,15,18,21H,13-14,16-17,19H2. The van der Waals surface area contributed by atoms with Gasteiger partial charge in [-0.05, 0) is 53.9 Å². The van der Waals surface area contributed by atoms with Crippen LogP contribution in [0.5, 0.6) is 0 Å². The second kappa shape index (κ2) is 10.2. The van der Waals surface area contributed by atoms with Crippen molar-refractivity contribution in [1.29, 1.82) is 0 Å². The van der Waals surface area contributed by atoms with Crippen LogP contribution < -0.4 is 4.90 Å². The lowest BCUT2D eigenvalue weighted by atomic mass is 9.94. The highest BCUT2D eigenvalue weighted by Gasteiger charge is 2.32. The zero-order chi connectivity index (χ0) is 25.1. The molecule has 0 spiro atoms. The van der Waals surface area contributed by atoms with Gasteiger partial charge in [0.2, 0.25) is 5.91 Å². The van der Waals surface area contributed by atoms with Gasteiger partial charge >= 0.3 is 0 Å². The second-order valence-corrected chi connectivity index (χ2v) is 8.93. The van der Waals surface area contributed by atoms with Gasteiger partial charge in [-0.1, -0.05) is 42.5 Å². The summed E-state index contributed by atoms with van der Waals surface area (Å²) in [6, 6.07) is 21.9. The Morgan fingerprint density at radius 3 is 2.42 bits per heavy atom. The SMILES string of the molecule is O=C(c1cccc2ccccc12)N1CCC(C(=O)N(Cc2ccccn2)c2ccc(F)cc2F)CC1. The van der Waals surface area contributed by atoms with Gasteiger partial charge in [0.15, 0.2) is 0 Å². The highest BCUT2D eigenvalue weighted by atomic mass is 19.1. The van der Waals surface area contributed by atoms with Gasteiger partial charge in [0.25, 0.3) is 5.91 Å². The number of pyridine rings is 1. The molecule has 1 aliphatic heterocycles. The first kappa shape index (κ1) is 23.6. The molecule has 0 unspecified atom stereocenters. The molecule has 1 fully saturated rings. The molecule has 1 aromatic heterocycles. The zero-order valence-corrected chi connectivity index (χ0v) is 19.6. The first-order valence-corrected chi connectivity index (χ1v) is 11.9. The van der Waals surface area contributed by atoms with Gasteiger partial charge in [0.05, 0.1) is 17.9 Å². The molecule has 0 N–H and O–H groups in total. The third-order valence-corrected chi connectivity index (χ3v) is 6.66. The molecule has 5 nitrogen and oxygen atoms in total. The Labute approximate surface area is 208 Å². The Balaban J connectivity index is 1.34. The van der Waals surface area contributed by atoms with E-state index in [-0.39, 0.29) is 24.0 Å². The van der Waals surface area contributed by atoms with Crippen LogP contribution in [0.1, 0.15) is 28.9 Å². The molecular formula is C29H25F2N3O2. The van der Waals surface area contributed by atoms with E-state index in [9.17, 15) is 18.4 Å². The number of benzene rings is 3. The van der Waals surface area contributed by atoms with Gasteiger partial charge in [-0.2, -0.15) is 0 Å². The molecule has 0 radical (unpaired) electrons. The molecular weight excluding hydrogens is 460 g/mol. The predicted octanol–water partition coefficient (Wildman–Crippen LogP) is 5.60. The van der Waals surface area contributed by atoms with E-state index in [1.807, 2.05) is 42.5 Å². The summed E-state index contributed by atoms with van der Waals surface area (Å²) in [6.07, 6.45) is 2.52. The average Bonchev–Trinajstić information content (AvgIpc) is 2.92. The highest BCUT2D eigenvalue weighted by molar-refractivity contribution is 6.07. The van der Waals surface area contributed by atoms with E-state index in [1.54, 1.807) is 29.3 Å². The fraction of sp³-hybridized carbons (Fsp3) is 0.207. The number of halogens is 2. The molecule has 3 aromatic carbocycles. The number of hydrogen-bond donors (Lipinski definition) is 0. The fourth-order valence-electron chi connectivity index (χ4n) is 4.77. The summed E-state index contributed by atoms with van der Waals surface area (Å²) in [5.74, 6) is -2.23. The monoisotopic (exact) mass is 485 g/mol. The largest absolute Gasteiger partial charge is 0.339 e. The number of anilines is 1. The Hall–Kier alpha value is -4.13. The molecule has 5 rings (SSSR count). The van der Waals surface area contributed by atoms with Crippen molar-refractivity contribution in [1.82, 2.24) is 9.88 Å². The first-order chi connectivity index (χ1) is 17.5. The molecule has 36 heavy (non-hydrogen) atoms. The number of piperidine rings is 1. The summed E-state index contributed by atoms with van der Waals surface area (Å²) >= 11 is 0. The van der Waals surface area contributed by atoms with Gasteiger partial charge in [-0.25, -0.2) is 8.78 Å². The molecule has 0 atom stereocenters. The third kappa shape index (κ3) is 4.82. The molecule has 2 amide bonds. The third-order valence-electron chi connectivity index (χ3n) is 6.66. The van der Waals surface area contributed by atoms with Gasteiger partial charge in [-0.15, -0.1) is 0 Å². The molecule has 0 aliphatic carbocycles. The first-order valence-electron chi connectivity index (χ1n) is 11.9. The van der Waals surface area contributed by atoms with E-state index in [0.717, 1.165) is 22.9 Å². The minimum atomic E-state index is -0.803. The summed E-state index contributed by atoms with van der Waals surface area (Å²) in [5.41, 5.74) is 1.25. The van der Waals surface area contributed by atoms with Crippen LogP contribution in [0.3, 0.4) is 0 Å². The Bertz CT molecular complexity index is 1400. The molecule has 0 bridgehead atoms. The quantitative estimate of drug-likeness (QED) is 0.370. The van der Waals surface area contributed by atoms with E-state index in [2.05, 4.69) is 4.98 Å². The number of nitrogens with zero attached hydrogens (tertiary/aromatic N) is 3.